The Morgan fingerprint density at radius 3 is 2.57 bits per heavy atom. The molecule has 0 atom stereocenters. The second kappa shape index (κ2) is 5.90. The molecule has 0 aliphatic heterocycles. The number of hydrogen-bond acceptors (Lipinski definition) is 5. The number of hydrogen-bond donors (Lipinski definition) is 1. The summed E-state index contributed by atoms with van der Waals surface area (Å²) in [5.41, 5.74) is 1.01. The average molecular weight is 344 g/mol. The molecule has 112 valence electrons. The van der Waals surface area contributed by atoms with Gasteiger partial charge in [0, 0.05) is 11.8 Å². The second-order valence-corrected chi connectivity index (χ2v) is 7.98. The Morgan fingerprint density at radius 2 is 1.95 bits per heavy atom. The molecule has 0 bridgehead atoms. The zero-order valence-corrected chi connectivity index (χ0v) is 13.5. The van der Waals surface area contributed by atoms with Gasteiger partial charge in [-0.3, -0.25) is 4.72 Å². The van der Waals surface area contributed by atoms with Crippen molar-refractivity contribution in [3.8, 4) is 0 Å². The largest absolute Gasteiger partial charge is 0.263 e. The second-order valence-electron chi connectivity index (χ2n) is 4.91. The van der Waals surface area contributed by atoms with E-state index in [2.05, 4.69) is 14.9 Å². The standard InChI is InChI=1S/C13H14ClN3O2S2/c14-8-7-9-1-5-11(6-2-9)21(18,19)17-13-16-15-12(20-13)10-3-4-10/h1-2,5-6,10H,3-4,7-8H2,(H,16,17). The van der Waals surface area contributed by atoms with Crippen molar-refractivity contribution in [1.29, 1.82) is 0 Å². The fourth-order valence-electron chi connectivity index (χ4n) is 1.89. The third kappa shape index (κ3) is 3.53. The Morgan fingerprint density at radius 1 is 1.24 bits per heavy atom. The van der Waals surface area contributed by atoms with Gasteiger partial charge in [-0.2, -0.15) is 0 Å². The molecule has 1 heterocycles. The Balaban J connectivity index is 1.75. The van der Waals surface area contributed by atoms with Crippen LogP contribution in [0.3, 0.4) is 0 Å². The lowest BCUT2D eigenvalue weighted by atomic mass is 10.2. The highest BCUT2D eigenvalue weighted by Gasteiger charge is 2.28. The quantitative estimate of drug-likeness (QED) is 0.818. The van der Waals surface area contributed by atoms with Crippen LogP contribution >= 0.6 is 22.9 Å². The number of aromatic nitrogens is 2. The zero-order chi connectivity index (χ0) is 14.9. The fraction of sp³-hybridized carbons (Fsp3) is 0.385. The topological polar surface area (TPSA) is 72.0 Å². The van der Waals surface area contributed by atoms with E-state index in [0.29, 0.717) is 16.9 Å². The molecule has 0 radical (unpaired) electrons. The molecule has 5 nitrogen and oxygen atoms in total. The first-order valence-corrected chi connectivity index (χ1v) is 9.43. The lowest BCUT2D eigenvalue weighted by Crippen LogP contribution is -2.12. The fourth-order valence-corrected chi connectivity index (χ4v) is 4.25. The maximum absolute atomic E-state index is 12.3. The molecule has 1 fully saturated rings. The van der Waals surface area contributed by atoms with Crippen molar-refractivity contribution in [3.05, 3.63) is 34.8 Å². The van der Waals surface area contributed by atoms with E-state index in [0.717, 1.165) is 29.8 Å². The molecule has 0 saturated heterocycles. The number of nitrogens with zero attached hydrogens (tertiary/aromatic N) is 2. The third-order valence-electron chi connectivity index (χ3n) is 3.21. The number of sulfonamides is 1. The molecule has 1 saturated carbocycles. The van der Waals surface area contributed by atoms with E-state index in [9.17, 15) is 8.42 Å². The highest BCUT2D eigenvalue weighted by Crippen LogP contribution is 2.42. The Kier molecular flexibility index (Phi) is 4.14. The summed E-state index contributed by atoms with van der Waals surface area (Å²) < 4.78 is 27.0. The molecule has 2 aromatic rings. The van der Waals surface area contributed by atoms with Crippen LogP contribution < -0.4 is 4.72 Å². The number of nitrogens with one attached hydrogen (secondary N) is 1. The van der Waals surface area contributed by atoms with Crippen LogP contribution in [0.4, 0.5) is 5.13 Å². The molecule has 0 spiro atoms. The van der Waals surface area contributed by atoms with Gasteiger partial charge >= 0.3 is 0 Å². The molecular weight excluding hydrogens is 330 g/mol. The molecule has 0 unspecified atom stereocenters. The van der Waals surface area contributed by atoms with Crippen molar-refractivity contribution in [2.24, 2.45) is 0 Å². The van der Waals surface area contributed by atoms with Crippen LogP contribution in [0.25, 0.3) is 0 Å². The van der Waals surface area contributed by atoms with E-state index in [1.54, 1.807) is 24.3 Å². The normalized spacial score (nSPS) is 15.1. The molecule has 21 heavy (non-hydrogen) atoms. The smallest absolute Gasteiger partial charge is 0.253 e. The number of alkyl halides is 1. The van der Waals surface area contributed by atoms with Crippen LogP contribution in [0, 0.1) is 0 Å². The SMILES string of the molecule is O=S(=O)(Nc1nnc(C2CC2)s1)c1ccc(CCCl)cc1. The van der Waals surface area contributed by atoms with E-state index in [-0.39, 0.29) is 4.90 Å². The van der Waals surface area contributed by atoms with E-state index < -0.39 is 10.0 Å². The van der Waals surface area contributed by atoms with Crippen LogP contribution in [-0.2, 0) is 16.4 Å². The maximum Gasteiger partial charge on any atom is 0.263 e. The average Bonchev–Trinajstić information content (AvgIpc) is 3.21. The number of anilines is 1. The molecule has 1 aliphatic rings. The summed E-state index contributed by atoms with van der Waals surface area (Å²) in [7, 11) is -3.61. The summed E-state index contributed by atoms with van der Waals surface area (Å²) in [4.78, 5) is 0.212. The van der Waals surface area contributed by atoms with Crippen molar-refractivity contribution < 1.29 is 8.42 Å². The number of rotatable bonds is 6. The van der Waals surface area contributed by atoms with E-state index in [1.165, 1.54) is 11.3 Å². The molecule has 3 rings (SSSR count). The van der Waals surface area contributed by atoms with Crippen LogP contribution in [0.2, 0.25) is 0 Å². The Bertz CT molecular complexity index is 724. The van der Waals surface area contributed by atoms with Gasteiger partial charge in [-0.15, -0.1) is 21.8 Å². The lowest BCUT2D eigenvalue weighted by Gasteiger charge is -2.05. The van der Waals surface area contributed by atoms with Gasteiger partial charge < -0.3 is 0 Å². The van der Waals surface area contributed by atoms with Gasteiger partial charge in [0.2, 0.25) is 5.13 Å². The minimum absolute atomic E-state index is 0.212. The Hall–Kier alpha value is -1.18. The summed E-state index contributed by atoms with van der Waals surface area (Å²) in [6.07, 6.45) is 2.95. The number of benzene rings is 1. The van der Waals surface area contributed by atoms with Crippen molar-refractivity contribution in [2.45, 2.75) is 30.1 Å². The van der Waals surface area contributed by atoms with Crippen molar-refractivity contribution in [2.75, 3.05) is 10.6 Å². The lowest BCUT2D eigenvalue weighted by molar-refractivity contribution is 0.601. The molecule has 0 amide bonds. The van der Waals surface area contributed by atoms with Gasteiger partial charge in [0.15, 0.2) is 0 Å². The predicted octanol–water partition coefficient (Wildman–Crippen LogP) is 3.00. The van der Waals surface area contributed by atoms with Crippen molar-refractivity contribution in [3.63, 3.8) is 0 Å². The summed E-state index contributed by atoms with van der Waals surface area (Å²) in [6, 6.07) is 6.69. The molecule has 1 aliphatic carbocycles. The van der Waals surface area contributed by atoms with E-state index in [4.69, 9.17) is 11.6 Å². The first-order chi connectivity index (χ1) is 10.1. The number of halogens is 1. The van der Waals surface area contributed by atoms with Gasteiger partial charge in [0.25, 0.3) is 10.0 Å². The molecular formula is C13H14ClN3O2S2. The minimum Gasteiger partial charge on any atom is -0.253 e. The van der Waals surface area contributed by atoms with E-state index in [1.807, 2.05) is 0 Å². The third-order valence-corrected chi connectivity index (χ3v) is 5.88. The number of aryl methyl sites for hydroxylation is 1. The van der Waals surface area contributed by atoms with Crippen LogP contribution in [0.5, 0.6) is 0 Å². The predicted molar refractivity (Wildman–Crippen MR) is 83.6 cm³/mol. The monoisotopic (exact) mass is 343 g/mol. The van der Waals surface area contributed by atoms with Gasteiger partial charge in [-0.1, -0.05) is 23.5 Å². The van der Waals surface area contributed by atoms with E-state index >= 15 is 0 Å². The Labute approximate surface area is 132 Å². The summed E-state index contributed by atoms with van der Waals surface area (Å²) in [5.74, 6) is 0.981. The highest BCUT2D eigenvalue weighted by atomic mass is 35.5. The van der Waals surface area contributed by atoms with Gasteiger partial charge in [-0.25, -0.2) is 8.42 Å². The van der Waals surface area contributed by atoms with Crippen LogP contribution in [-0.4, -0.2) is 24.5 Å². The maximum atomic E-state index is 12.3. The summed E-state index contributed by atoms with van der Waals surface area (Å²) in [5, 5.41) is 9.15. The first-order valence-electron chi connectivity index (χ1n) is 6.59. The van der Waals surface area contributed by atoms with Crippen LogP contribution in [0.1, 0.15) is 29.3 Å². The highest BCUT2D eigenvalue weighted by molar-refractivity contribution is 7.93. The van der Waals surface area contributed by atoms with Gasteiger partial charge in [0.1, 0.15) is 5.01 Å². The van der Waals surface area contributed by atoms with Crippen molar-refractivity contribution >= 4 is 38.1 Å². The van der Waals surface area contributed by atoms with Gasteiger partial charge in [0.05, 0.1) is 4.90 Å². The van der Waals surface area contributed by atoms with Gasteiger partial charge in [-0.05, 0) is 37.0 Å². The van der Waals surface area contributed by atoms with Crippen LogP contribution in [0.15, 0.2) is 29.2 Å². The first kappa shape index (κ1) is 14.7. The molecule has 1 N–H and O–H groups in total. The van der Waals surface area contributed by atoms with Crippen molar-refractivity contribution in [1.82, 2.24) is 10.2 Å². The summed E-state index contributed by atoms with van der Waals surface area (Å²) >= 11 is 6.97. The minimum atomic E-state index is -3.61. The zero-order valence-electron chi connectivity index (χ0n) is 11.1. The molecule has 1 aromatic carbocycles. The molecule has 1 aromatic heterocycles. The molecule has 8 heteroatoms. The summed E-state index contributed by atoms with van der Waals surface area (Å²) in [6.45, 7) is 0.